The Morgan fingerprint density at radius 3 is 2.49 bits per heavy atom. The molecule has 0 bridgehead atoms. The molecule has 3 aromatic rings. The quantitative estimate of drug-likeness (QED) is 0.206. The van der Waals surface area contributed by atoms with E-state index < -0.39 is 0 Å². The number of allylic oxidation sites excluding steroid dienone is 1. The molecule has 0 saturated heterocycles. The van der Waals surface area contributed by atoms with Crippen molar-refractivity contribution in [1.82, 2.24) is 14.7 Å². The van der Waals surface area contributed by atoms with Gasteiger partial charge in [0.1, 0.15) is 5.56 Å². The third kappa shape index (κ3) is 6.32. The van der Waals surface area contributed by atoms with E-state index in [2.05, 4.69) is 29.9 Å². The van der Waals surface area contributed by atoms with Crippen molar-refractivity contribution in [2.75, 3.05) is 13.2 Å². The third-order valence-corrected chi connectivity index (χ3v) is 7.21. The van der Waals surface area contributed by atoms with E-state index in [1.165, 1.54) is 10.3 Å². The molecular formula is C29H31Cl2N3O3. The number of aromatic nitrogens is 2. The molecule has 1 saturated carbocycles. The van der Waals surface area contributed by atoms with Crippen LogP contribution in [0.4, 0.5) is 0 Å². The molecule has 1 aliphatic rings. The molecule has 0 spiro atoms. The number of nitrogens with zero attached hydrogens (tertiary/aromatic N) is 3. The van der Waals surface area contributed by atoms with Crippen LogP contribution in [0.2, 0.25) is 10.0 Å². The largest absolute Gasteiger partial charge is 0.469 e. The normalized spacial score (nSPS) is 13.1. The van der Waals surface area contributed by atoms with Crippen LogP contribution in [0, 0.1) is 6.92 Å². The molecule has 0 N–H and O–H groups in total. The minimum atomic E-state index is -0.321. The van der Waals surface area contributed by atoms with Gasteiger partial charge in [0, 0.05) is 47.9 Å². The van der Waals surface area contributed by atoms with E-state index in [9.17, 15) is 9.59 Å². The van der Waals surface area contributed by atoms with Crippen LogP contribution in [-0.2, 0) is 13.6 Å². The highest BCUT2D eigenvalue weighted by Crippen LogP contribution is 2.36. The molecule has 1 heterocycles. The van der Waals surface area contributed by atoms with Crippen molar-refractivity contribution >= 4 is 34.8 Å². The highest BCUT2D eigenvalue weighted by atomic mass is 35.5. The van der Waals surface area contributed by atoms with E-state index in [1.807, 2.05) is 6.07 Å². The van der Waals surface area contributed by atoms with E-state index >= 15 is 0 Å². The number of hydrogen-bond acceptors (Lipinski definition) is 5. The fourth-order valence-corrected chi connectivity index (χ4v) is 4.82. The number of halogens is 2. The van der Waals surface area contributed by atoms with E-state index in [-0.39, 0.29) is 29.6 Å². The molecule has 8 heteroatoms. The van der Waals surface area contributed by atoms with Gasteiger partial charge in [-0.1, -0.05) is 65.2 Å². The van der Waals surface area contributed by atoms with Crippen molar-refractivity contribution in [3.8, 4) is 5.88 Å². The summed E-state index contributed by atoms with van der Waals surface area (Å²) < 4.78 is 7.32. The van der Waals surface area contributed by atoms with Crippen LogP contribution in [0.1, 0.15) is 64.2 Å². The Labute approximate surface area is 227 Å². The fourth-order valence-electron chi connectivity index (χ4n) is 4.24. The lowest BCUT2D eigenvalue weighted by Gasteiger charge is -2.22. The Morgan fingerprint density at radius 2 is 1.84 bits per heavy atom. The molecule has 1 fully saturated rings. The number of ketones is 2. The molecule has 0 atom stereocenters. The minimum Gasteiger partial charge on any atom is -0.469 e. The lowest BCUT2D eigenvalue weighted by atomic mass is 10.0. The maximum Gasteiger partial charge on any atom is 0.223 e. The number of Topliss-reactive ketones (excluding diaryl/α,β-unsaturated/α-hetero) is 1. The Balaban J connectivity index is 1.61. The van der Waals surface area contributed by atoms with Crippen LogP contribution < -0.4 is 4.74 Å². The molecule has 37 heavy (non-hydrogen) atoms. The van der Waals surface area contributed by atoms with Gasteiger partial charge in [-0.25, -0.2) is 4.68 Å². The van der Waals surface area contributed by atoms with Gasteiger partial charge < -0.3 is 4.74 Å². The van der Waals surface area contributed by atoms with E-state index in [0.717, 1.165) is 24.9 Å². The monoisotopic (exact) mass is 539 g/mol. The molecule has 0 aliphatic heterocycles. The number of hydrogen-bond donors (Lipinski definition) is 0. The Hall–Kier alpha value is -2.93. The minimum absolute atomic E-state index is 0.193. The molecule has 2 aromatic carbocycles. The maximum atomic E-state index is 13.8. The lowest BCUT2D eigenvalue weighted by Crippen LogP contribution is -2.26. The van der Waals surface area contributed by atoms with Crippen molar-refractivity contribution < 1.29 is 14.3 Å². The second-order valence-electron chi connectivity index (χ2n) is 9.63. The van der Waals surface area contributed by atoms with Crippen molar-refractivity contribution in [2.45, 2.75) is 46.2 Å². The van der Waals surface area contributed by atoms with Gasteiger partial charge in [-0.2, -0.15) is 5.10 Å². The molecule has 0 amide bonds. The van der Waals surface area contributed by atoms with Gasteiger partial charge >= 0.3 is 0 Å². The molecule has 4 rings (SSSR count). The topological polar surface area (TPSA) is 64.4 Å². The predicted molar refractivity (Wildman–Crippen MR) is 147 cm³/mol. The number of benzene rings is 2. The second kappa shape index (κ2) is 11.6. The van der Waals surface area contributed by atoms with E-state index in [0.29, 0.717) is 39.5 Å². The van der Waals surface area contributed by atoms with Crippen LogP contribution in [0.15, 0.2) is 54.1 Å². The zero-order chi connectivity index (χ0) is 26.7. The van der Waals surface area contributed by atoms with Crippen molar-refractivity contribution in [2.24, 2.45) is 7.05 Å². The summed E-state index contributed by atoms with van der Waals surface area (Å²) in [4.78, 5) is 28.7. The number of rotatable bonds is 11. The summed E-state index contributed by atoms with van der Waals surface area (Å²) in [6.07, 6.45) is 4.47. The lowest BCUT2D eigenvalue weighted by molar-refractivity contribution is 0.0908. The van der Waals surface area contributed by atoms with Crippen LogP contribution in [0.5, 0.6) is 5.88 Å². The molecule has 0 radical (unpaired) electrons. The highest BCUT2D eigenvalue weighted by Gasteiger charge is 2.31. The molecule has 0 unspecified atom stereocenters. The molecule has 6 nitrogen and oxygen atoms in total. The summed E-state index contributed by atoms with van der Waals surface area (Å²) in [7, 11) is 1.68. The first kappa shape index (κ1) is 27.1. The smallest absolute Gasteiger partial charge is 0.223 e. The second-order valence-corrected chi connectivity index (χ2v) is 10.4. The van der Waals surface area contributed by atoms with Crippen molar-refractivity contribution in [3.63, 3.8) is 0 Å². The van der Waals surface area contributed by atoms with Gasteiger partial charge in [0.15, 0.2) is 12.4 Å². The summed E-state index contributed by atoms with van der Waals surface area (Å²) >= 11 is 13.4. The average Bonchev–Trinajstić information content (AvgIpc) is 3.66. The first-order valence-electron chi connectivity index (χ1n) is 12.3. The molecule has 1 aromatic heterocycles. The zero-order valence-electron chi connectivity index (χ0n) is 21.6. The number of aryl methyl sites for hydroxylation is 2. The highest BCUT2D eigenvalue weighted by molar-refractivity contribution is 6.39. The van der Waals surface area contributed by atoms with Gasteiger partial charge in [-0.05, 0) is 45.7 Å². The first-order chi connectivity index (χ1) is 17.7. The Bertz CT molecular complexity index is 1340. The summed E-state index contributed by atoms with van der Waals surface area (Å²) in [5.74, 6) is -0.290. The van der Waals surface area contributed by atoms with Crippen LogP contribution in [0.3, 0.4) is 0 Å². The van der Waals surface area contributed by atoms with Crippen LogP contribution >= 0.6 is 23.2 Å². The van der Waals surface area contributed by atoms with Gasteiger partial charge in [0.2, 0.25) is 11.7 Å². The average molecular weight is 540 g/mol. The number of carbonyl (C=O) groups excluding carboxylic acids is 2. The van der Waals surface area contributed by atoms with E-state index in [1.54, 1.807) is 50.4 Å². The zero-order valence-corrected chi connectivity index (χ0v) is 23.1. The SMILES string of the molecule is CC(C)=CCN(Cc1c(Cl)ccc(C(=O)c2c(C)nn(C)c2OCC(=O)c2ccccc2)c1Cl)C1CC1. The molecule has 1 aliphatic carbocycles. The Morgan fingerprint density at radius 1 is 1.14 bits per heavy atom. The fraction of sp³-hybridized carbons (Fsp3) is 0.345. The summed E-state index contributed by atoms with van der Waals surface area (Å²) in [6.45, 7) is 7.02. The summed E-state index contributed by atoms with van der Waals surface area (Å²) in [5.41, 5.74) is 3.61. The van der Waals surface area contributed by atoms with Crippen LogP contribution in [0.25, 0.3) is 0 Å². The standard InChI is InChI=1S/C29H31Cl2N3O3/c1-18(2)14-15-34(21-10-11-21)16-23-24(30)13-12-22(27(23)31)28(36)26-19(3)32-33(4)29(26)37-17-25(35)20-8-6-5-7-9-20/h5-9,12-14,21H,10-11,15-17H2,1-4H3. The third-order valence-electron chi connectivity index (χ3n) is 6.42. The van der Waals surface area contributed by atoms with Crippen molar-refractivity contribution in [3.05, 3.63) is 92.1 Å². The van der Waals surface area contributed by atoms with Gasteiger partial charge in [0.05, 0.1) is 10.7 Å². The number of ether oxygens (including phenoxy) is 1. The van der Waals surface area contributed by atoms with Crippen LogP contribution in [-0.4, -0.2) is 45.4 Å². The molecular weight excluding hydrogens is 509 g/mol. The maximum absolute atomic E-state index is 13.8. The number of carbonyl (C=O) groups is 2. The van der Waals surface area contributed by atoms with E-state index in [4.69, 9.17) is 27.9 Å². The predicted octanol–water partition coefficient (Wildman–Crippen LogP) is 6.46. The summed E-state index contributed by atoms with van der Waals surface area (Å²) in [6, 6.07) is 12.7. The Kier molecular flexibility index (Phi) is 8.53. The van der Waals surface area contributed by atoms with Crippen molar-refractivity contribution in [1.29, 1.82) is 0 Å². The first-order valence-corrected chi connectivity index (χ1v) is 13.1. The summed E-state index contributed by atoms with van der Waals surface area (Å²) in [5, 5.41) is 5.23. The van der Waals surface area contributed by atoms with Gasteiger partial charge in [0.25, 0.3) is 0 Å². The molecule has 194 valence electrons. The van der Waals surface area contributed by atoms with Gasteiger partial charge in [-0.3, -0.25) is 14.5 Å². The van der Waals surface area contributed by atoms with Gasteiger partial charge in [-0.15, -0.1) is 0 Å².